The number of rotatable bonds is 7. The first-order valence-electron chi connectivity index (χ1n) is 6.79. The highest BCUT2D eigenvalue weighted by molar-refractivity contribution is 7.90. The molecule has 25 heavy (non-hydrogen) atoms. The summed E-state index contributed by atoms with van der Waals surface area (Å²) >= 11 is 0. The van der Waals surface area contributed by atoms with Gasteiger partial charge in [0.25, 0.3) is 5.69 Å². The third-order valence-corrected chi connectivity index (χ3v) is 4.19. The van der Waals surface area contributed by atoms with Crippen LogP contribution in [0.15, 0.2) is 41.4 Å². The van der Waals surface area contributed by atoms with E-state index in [1.165, 1.54) is 24.3 Å². The molecule has 0 bridgehead atoms. The molecule has 1 heterocycles. The predicted octanol–water partition coefficient (Wildman–Crippen LogP) is 2.61. The van der Waals surface area contributed by atoms with Gasteiger partial charge in [-0.25, -0.2) is 8.42 Å². The Kier molecular flexibility index (Phi) is 5.47. The first-order chi connectivity index (χ1) is 11.7. The van der Waals surface area contributed by atoms with E-state index in [0.29, 0.717) is 5.69 Å². The highest BCUT2D eigenvalue weighted by atomic mass is 32.2. The molecule has 0 fully saturated rings. The Bertz CT molecular complexity index is 873. The van der Waals surface area contributed by atoms with E-state index < -0.39 is 21.4 Å². The number of ether oxygens (including phenoxy) is 1. The normalized spacial score (nSPS) is 11.4. The summed E-state index contributed by atoms with van der Waals surface area (Å²) < 4.78 is 52.0. The number of pyridine rings is 1. The molecule has 0 amide bonds. The number of sulfone groups is 1. The Morgan fingerprint density at radius 3 is 2.56 bits per heavy atom. The van der Waals surface area contributed by atoms with Crippen LogP contribution in [0.4, 0.5) is 20.2 Å². The van der Waals surface area contributed by atoms with Gasteiger partial charge in [0.15, 0.2) is 9.84 Å². The van der Waals surface area contributed by atoms with E-state index in [9.17, 15) is 27.3 Å². The summed E-state index contributed by atoms with van der Waals surface area (Å²) in [5.41, 5.74) is 0.250. The molecule has 0 unspecified atom stereocenters. The van der Waals surface area contributed by atoms with Gasteiger partial charge in [-0.05, 0) is 18.2 Å². The number of nitrogens with zero attached hydrogens (tertiary/aromatic N) is 2. The van der Waals surface area contributed by atoms with Crippen LogP contribution >= 0.6 is 0 Å². The van der Waals surface area contributed by atoms with Crippen molar-refractivity contribution in [2.75, 3.05) is 11.6 Å². The highest BCUT2D eigenvalue weighted by Gasteiger charge is 2.18. The van der Waals surface area contributed by atoms with E-state index in [4.69, 9.17) is 0 Å². The van der Waals surface area contributed by atoms with Crippen LogP contribution in [-0.2, 0) is 16.4 Å². The van der Waals surface area contributed by atoms with Gasteiger partial charge in [-0.1, -0.05) is 0 Å². The lowest BCUT2D eigenvalue weighted by Crippen LogP contribution is -2.08. The zero-order valence-corrected chi connectivity index (χ0v) is 13.7. The molecule has 11 heteroatoms. The average molecular weight is 373 g/mol. The quantitative estimate of drug-likeness (QED) is 0.586. The molecular formula is C14H13F2N3O5S. The third kappa shape index (κ3) is 5.08. The van der Waals surface area contributed by atoms with Gasteiger partial charge in [-0.15, -0.1) is 0 Å². The molecule has 134 valence electrons. The van der Waals surface area contributed by atoms with E-state index in [-0.39, 0.29) is 28.6 Å². The number of hydrogen-bond donors (Lipinski definition) is 1. The molecule has 0 saturated carbocycles. The molecule has 0 atom stereocenters. The lowest BCUT2D eigenvalue weighted by Gasteiger charge is -2.11. The zero-order chi connectivity index (χ0) is 18.6. The fourth-order valence-corrected chi connectivity index (χ4v) is 2.83. The van der Waals surface area contributed by atoms with Gasteiger partial charge in [-0.2, -0.15) is 8.78 Å². The number of benzene rings is 1. The molecule has 0 aliphatic carbocycles. The molecular weight excluding hydrogens is 360 g/mol. The lowest BCUT2D eigenvalue weighted by atomic mass is 10.2. The Labute approximate surface area is 141 Å². The van der Waals surface area contributed by atoms with Crippen molar-refractivity contribution < 1.29 is 26.9 Å². The number of nitro groups is 1. The maximum Gasteiger partial charge on any atom is 0.387 e. The minimum absolute atomic E-state index is 0.0787. The van der Waals surface area contributed by atoms with Crippen molar-refractivity contribution >= 4 is 21.2 Å². The third-order valence-electron chi connectivity index (χ3n) is 3.06. The maximum atomic E-state index is 12.1. The molecule has 2 rings (SSSR count). The van der Waals surface area contributed by atoms with Gasteiger partial charge >= 0.3 is 6.61 Å². The number of halogens is 2. The summed E-state index contributed by atoms with van der Waals surface area (Å²) in [6.07, 6.45) is 2.04. The van der Waals surface area contributed by atoms with Crippen molar-refractivity contribution in [1.82, 2.24) is 4.98 Å². The molecule has 1 aromatic heterocycles. The number of nitrogens with one attached hydrogen (secondary N) is 1. The monoisotopic (exact) mass is 373 g/mol. The Balaban J connectivity index is 2.18. The van der Waals surface area contributed by atoms with Crippen molar-refractivity contribution in [1.29, 1.82) is 0 Å². The number of aromatic nitrogens is 1. The number of alkyl halides is 2. The van der Waals surface area contributed by atoms with Crippen LogP contribution in [0.25, 0.3) is 0 Å². The molecule has 1 N–H and O–H groups in total. The van der Waals surface area contributed by atoms with E-state index in [1.807, 2.05) is 0 Å². The van der Waals surface area contributed by atoms with Crippen LogP contribution in [-0.4, -0.2) is 31.2 Å². The molecule has 1 aromatic carbocycles. The molecule has 2 aromatic rings. The van der Waals surface area contributed by atoms with Gasteiger partial charge in [0, 0.05) is 18.4 Å². The molecule has 0 spiro atoms. The largest absolute Gasteiger partial charge is 0.433 e. The van der Waals surface area contributed by atoms with Gasteiger partial charge in [-0.3, -0.25) is 15.1 Å². The van der Waals surface area contributed by atoms with E-state index >= 15 is 0 Å². The van der Waals surface area contributed by atoms with Crippen LogP contribution in [0.1, 0.15) is 5.69 Å². The number of hydrogen-bond acceptors (Lipinski definition) is 7. The van der Waals surface area contributed by atoms with Crippen molar-refractivity contribution in [3.8, 4) is 5.75 Å². The maximum absolute atomic E-state index is 12.1. The Hall–Kier alpha value is -2.82. The second kappa shape index (κ2) is 7.38. The summed E-state index contributed by atoms with van der Waals surface area (Å²) in [6, 6.07) is 6.14. The number of non-ortho nitro benzene ring substituents is 1. The zero-order valence-electron chi connectivity index (χ0n) is 12.8. The second-order valence-corrected chi connectivity index (χ2v) is 6.91. The number of anilines is 1. The topological polar surface area (TPSA) is 111 Å². The van der Waals surface area contributed by atoms with Gasteiger partial charge in [0.2, 0.25) is 0 Å². The van der Waals surface area contributed by atoms with Crippen molar-refractivity contribution in [3.63, 3.8) is 0 Å². The smallest absolute Gasteiger partial charge is 0.387 e. The fraction of sp³-hybridized carbons (Fsp3) is 0.214. The van der Waals surface area contributed by atoms with Crippen LogP contribution in [0.3, 0.4) is 0 Å². The van der Waals surface area contributed by atoms with E-state index in [0.717, 1.165) is 18.5 Å². The molecule has 0 radical (unpaired) electrons. The van der Waals surface area contributed by atoms with Crippen molar-refractivity contribution in [2.45, 2.75) is 18.1 Å². The summed E-state index contributed by atoms with van der Waals surface area (Å²) in [7, 11) is -3.70. The minimum atomic E-state index is -3.70. The van der Waals surface area contributed by atoms with Crippen molar-refractivity contribution in [3.05, 3.63) is 52.3 Å². The molecule has 8 nitrogen and oxygen atoms in total. The summed E-state index contributed by atoms with van der Waals surface area (Å²) in [4.78, 5) is 13.8. The molecule has 0 aliphatic heterocycles. The van der Waals surface area contributed by atoms with Crippen LogP contribution in [0.5, 0.6) is 5.75 Å². The second-order valence-electron chi connectivity index (χ2n) is 4.93. The molecule has 0 aliphatic rings. The first kappa shape index (κ1) is 18.5. The standard InChI is InChI=1S/C14H13F2N3O5S/c1-25(22,23)13-6-10(19(20)21)3-5-12(13)18-7-9-2-4-11(8-17-9)24-14(15)16/h2-6,8,14,18H,7H2,1H3. The molecule has 0 saturated heterocycles. The summed E-state index contributed by atoms with van der Waals surface area (Å²) in [5, 5.41) is 13.6. The van der Waals surface area contributed by atoms with Gasteiger partial charge in [0.1, 0.15) is 5.75 Å². The summed E-state index contributed by atoms with van der Waals surface area (Å²) in [5.74, 6) is -0.106. The van der Waals surface area contributed by atoms with Crippen LogP contribution in [0, 0.1) is 10.1 Å². The van der Waals surface area contributed by atoms with Gasteiger partial charge < -0.3 is 10.1 Å². The SMILES string of the molecule is CS(=O)(=O)c1cc([N+](=O)[O-])ccc1NCc1ccc(OC(F)F)cn1. The first-order valence-corrected chi connectivity index (χ1v) is 8.68. The Morgan fingerprint density at radius 2 is 2.04 bits per heavy atom. The predicted molar refractivity (Wildman–Crippen MR) is 84.4 cm³/mol. The fourth-order valence-electron chi connectivity index (χ4n) is 1.95. The van der Waals surface area contributed by atoms with E-state index in [1.54, 1.807) is 0 Å². The lowest BCUT2D eigenvalue weighted by molar-refractivity contribution is -0.385. The number of nitro benzene ring substituents is 1. The van der Waals surface area contributed by atoms with Crippen LogP contribution in [0.2, 0.25) is 0 Å². The summed E-state index contributed by atoms with van der Waals surface area (Å²) in [6.45, 7) is -2.88. The van der Waals surface area contributed by atoms with Crippen LogP contribution < -0.4 is 10.1 Å². The average Bonchev–Trinajstić information content (AvgIpc) is 2.52. The minimum Gasteiger partial charge on any atom is -0.433 e. The Morgan fingerprint density at radius 1 is 1.32 bits per heavy atom. The highest BCUT2D eigenvalue weighted by Crippen LogP contribution is 2.26. The van der Waals surface area contributed by atoms with Crippen molar-refractivity contribution in [2.24, 2.45) is 0 Å². The van der Waals surface area contributed by atoms with Gasteiger partial charge in [0.05, 0.1) is 33.9 Å². The van der Waals surface area contributed by atoms with E-state index in [2.05, 4.69) is 15.0 Å².